The van der Waals surface area contributed by atoms with Gasteiger partial charge in [0.1, 0.15) is 11.5 Å². The molecule has 0 radical (unpaired) electrons. The van der Waals surface area contributed by atoms with E-state index in [0.29, 0.717) is 17.8 Å². The molecular weight excluding hydrogens is 811 g/mol. The average Bonchev–Trinajstić information content (AvgIpc) is 4.03. The van der Waals surface area contributed by atoms with E-state index >= 15 is 0 Å². The fraction of sp³-hybridized carbons (Fsp3) is 0.246. The number of ether oxygens (including phenoxy) is 1. The molecule has 4 aromatic rings. The molecule has 4 aromatic carbocycles. The lowest BCUT2D eigenvalue weighted by molar-refractivity contribution is 0.329. The monoisotopic (exact) mass is 865 g/mol. The second-order valence-corrected chi connectivity index (χ2v) is 20.2. The van der Waals surface area contributed by atoms with Crippen molar-refractivity contribution in [3.8, 4) is 0 Å². The van der Waals surface area contributed by atoms with E-state index in [2.05, 4.69) is 187 Å². The van der Waals surface area contributed by atoms with Crippen molar-refractivity contribution in [1.82, 2.24) is 0 Å². The molecule has 1 saturated heterocycles. The summed E-state index contributed by atoms with van der Waals surface area (Å²) in [6.45, 7) is 0. The first kappa shape index (κ1) is 39.3. The zero-order valence-electron chi connectivity index (χ0n) is 38.2. The van der Waals surface area contributed by atoms with Crippen LogP contribution in [-0.4, -0.2) is 6.04 Å². The highest BCUT2D eigenvalue weighted by atomic mass is 16.5. The zero-order chi connectivity index (χ0) is 44.1. The van der Waals surface area contributed by atoms with Gasteiger partial charge in [0, 0.05) is 40.4 Å². The van der Waals surface area contributed by atoms with Crippen molar-refractivity contribution in [3.05, 3.63) is 260 Å². The molecule has 0 bridgehead atoms. The number of fused-ring (bicyclic) bond motifs is 12. The van der Waals surface area contributed by atoms with Gasteiger partial charge < -0.3 is 9.64 Å². The summed E-state index contributed by atoms with van der Waals surface area (Å²) in [7, 11) is 0. The van der Waals surface area contributed by atoms with Crippen molar-refractivity contribution in [2.45, 2.75) is 88.0 Å². The van der Waals surface area contributed by atoms with E-state index in [-0.39, 0.29) is 11.5 Å². The van der Waals surface area contributed by atoms with Gasteiger partial charge in [-0.3, -0.25) is 0 Å². The van der Waals surface area contributed by atoms with Gasteiger partial charge in [0.2, 0.25) is 0 Å². The molecule has 9 aliphatic carbocycles. The Kier molecular flexibility index (Phi) is 9.17. The number of anilines is 1. The van der Waals surface area contributed by atoms with Gasteiger partial charge in [-0.15, -0.1) is 5.73 Å². The smallest absolute Gasteiger partial charge is 0.126 e. The topological polar surface area (TPSA) is 12.5 Å². The molecule has 1 aliphatic heterocycles. The van der Waals surface area contributed by atoms with E-state index in [1.807, 2.05) is 0 Å². The minimum Gasteiger partial charge on any atom is -0.460 e. The van der Waals surface area contributed by atoms with Crippen LogP contribution in [0.4, 0.5) is 5.69 Å². The Morgan fingerprint density at radius 2 is 1.45 bits per heavy atom. The van der Waals surface area contributed by atoms with Crippen LogP contribution < -0.4 is 4.90 Å². The Bertz CT molecular complexity index is 3240. The second kappa shape index (κ2) is 15.6. The maximum atomic E-state index is 6.61. The van der Waals surface area contributed by atoms with Crippen molar-refractivity contribution in [3.63, 3.8) is 0 Å². The highest BCUT2D eigenvalue weighted by Gasteiger charge is 2.53. The Labute approximate surface area is 395 Å². The number of nitrogens with zero attached hydrogens (tertiary/aromatic N) is 1. The Balaban J connectivity index is 0.812. The number of rotatable bonds is 6. The average molecular weight is 866 g/mol. The van der Waals surface area contributed by atoms with Crippen molar-refractivity contribution in [2.24, 2.45) is 11.8 Å². The largest absolute Gasteiger partial charge is 0.460 e. The van der Waals surface area contributed by atoms with E-state index in [4.69, 9.17) is 4.74 Å². The van der Waals surface area contributed by atoms with Gasteiger partial charge in [-0.2, -0.15) is 0 Å². The number of hydrogen-bond acceptors (Lipinski definition) is 2. The third kappa shape index (κ3) is 6.02. The molecule has 2 nitrogen and oxygen atoms in total. The van der Waals surface area contributed by atoms with Crippen molar-refractivity contribution in [1.29, 1.82) is 0 Å². The summed E-state index contributed by atoms with van der Waals surface area (Å²) >= 11 is 0. The van der Waals surface area contributed by atoms with Gasteiger partial charge in [-0.05, 0) is 162 Å². The lowest BCUT2D eigenvalue weighted by Gasteiger charge is -2.38. The minimum absolute atomic E-state index is 0.192. The van der Waals surface area contributed by atoms with Crippen molar-refractivity contribution in [2.75, 3.05) is 4.90 Å². The molecule has 10 aliphatic rings. The molecule has 0 aromatic heterocycles. The van der Waals surface area contributed by atoms with Crippen LogP contribution in [0.2, 0.25) is 0 Å². The number of hydrogen-bond donors (Lipinski definition) is 0. The lowest BCUT2D eigenvalue weighted by atomic mass is 9.66. The molecule has 326 valence electrons. The Morgan fingerprint density at radius 1 is 0.657 bits per heavy atom. The zero-order valence-corrected chi connectivity index (χ0v) is 38.2. The molecule has 1 heterocycles. The van der Waals surface area contributed by atoms with E-state index in [1.54, 1.807) is 22.3 Å². The van der Waals surface area contributed by atoms with E-state index < -0.39 is 0 Å². The second-order valence-electron chi connectivity index (χ2n) is 20.2. The van der Waals surface area contributed by atoms with Crippen LogP contribution in [0.1, 0.15) is 115 Å². The summed E-state index contributed by atoms with van der Waals surface area (Å²) in [5.74, 6) is 3.33. The molecule has 0 N–H and O–H groups in total. The van der Waals surface area contributed by atoms with Crippen LogP contribution in [0.3, 0.4) is 0 Å². The molecule has 0 amide bonds. The molecular formula is C65H55NO. The standard InChI is InChI=1S/C65H55NO/c1-2-15-50-43(13-1)14-11-20-51(50)44-29-36-48(37-30-44)66(49-38-31-45(32-39-49)52-21-12-22-58-57-19-6-10-26-63(57)67-64(52)58)47-34-27-42(28-35-47)46-33-40-56-55-18-5-9-25-61(55)65(62(56)41-46)59-23-7-3-16-53(59)54-17-4-8-24-60(54)65/h1-5,7,9,11-19,21,23,25-27,31-32,34,36-39,41-42,47,51,58H,6,8,10,20,22,24,28-29,33,35,40H2. The van der Waals surface area contributed by atoms with Crippen LogP contribution in [0.5, 0.6) is 0 Å². The van der Waals surface area contributed by atoms with Gasteiger partial charge in [-0.1, -0.05) is 157 Å². The van der Waals surface area contributed by atoms with E-state index in [0.717, 1.165) is 82.1 Å². The molecule has 67 heavy (non-hydrogen) atoms. The van der Waals surface area contributed by atoms with Gasteiger partial charge >= 0.3 is 0 Å². The van der Waals surface area contributed by atoms with Crippen LogP contribution in [-0.2, 0) is 10.2 Å². The summed E-state index contributed by atoms with van der Waals surface area (Å²) in [4.78, 5) is 2.61. The van der Waals surface area contributed by atoms with Crippen molar-refractivity contribution < 1.29 is 4.74 Å². The third-order valence-electron chi connectivity index (χ3n) is 16.9. The highest BCUT2D eigenvalue weighted by molar-refractivity contribution is 5.98. The fourth-order valence-corrected chi connectivity index (χ4v) is 13.9. The summed E-state index contributed by atoms with van der Waals surface area (Å²) < 4.78 is 6.61. The first-order valence-corrected chi connectivity index (χ1v) is 25.2. The van der Waals surface area contributed by atoms with Gasteiger partial charge in [0.05, 0.1) is 11.5 Å². The first-order valence-electron chi connectivity index (χ1n) is 25.2. The molecule has 0 saturated carbocycles. The van der Waals surface area contributed by atoms with Crippen LogP contribution >= 0.6 is 0 Å². The lowest BCUT2D eigenvalue weighted by Crippen LogP contribution is -2.35. The predicted octanol–water partition coefficient (Wildman–Crippen LogP) is 15.9. The van der Waals surface area contributed by atoms with Gasteiger partial charge in [0.25, 0.3) is 0 Å². The molecule has 2 heteroatoms. The summed E-state index contributed by atoms with van der Waals surface area (Å²) in [5, 5.41) is 0. The summed E-state index contributed by atoms with van der Waals surface area (Å²) in [6.07, 6.45) is 43.1. The molecule has 5 atom stereocenters. The molecule has 1 fully saturated rings. The Morgan fingerprint density at radius 3 is 2.31 bits per heavy atom. The molecule has 14 rings (SSSR count). The van der Waals surface area contributed by atoms with Crippen LogP contribution in [0.25, 0.3) is 22.8 Å². The summed E-state index contributed by atoms with van der Waals surface area (Å²) in [6, 6.07) is 37.2. The Hall–Kier alpha value is -6.86. The number of allylic oxidation sites excluding steroid dienone is 19. The van der Waals surface area contributed by atoms with Crippen LogP contribution in [0.15, 0.2) is 221 Å². The first-order chi connectivity index (χ1) is 33.2. The van der Waals surface area contributed by atoms with Crippen LogP contribution in [0, 0.1) is 11.8 Å². The maximum Gasteiger partial charge on any atom is 0.126 e. The predicted molar refractivity (Wildman–Crippen MR) is 276 cm³/mol. The highest BCUT2D eigenvalue weighted by Crippen LogP contribution is 2.64. The van der Waals surface area contributed by atoms with Gasteiger partial charge in [0.15, 0.2) is 0 Å². The third-order valence-corrected chi connectivity index (χ3v) is 16.9. The quantitative estimate of drug-likeness (QED) is 0.141. The van der Waals surface area contributed by atoms with Crippen molar-refractivity contribution >= 4 is 28.5 Å². The van der Waals surface area contributed by atoms with Gasteiger partial charge in [-0.25, -0.2) is 0 Å². The SMILES string of the molecule is C1=CC(N(c2ccc(C3=C4OC5=CCCC=C5C4CC=C3)cc2)C2C=CC(C3=CC4=C(CC3)c3ccccc3C43C4=C(C=CCC4)c4ccccc43)CC2)=CCC=1C1CC=Cc2ccccc21. The fourth-order valence-electron chi connectivity index (χ4n) is 13.9. The number of benzene rings is 4. The molecule has 5 unspecified atom stereocenters. The van der Waals surface area contributed by atoms with E-state index in [9.17, 15) is 0 Å². The molecule has 1 spiro atoms. The minimum atomic E-state index is -0.192. The normalized spacial score (nSPS) is 27.0. The van der Waals surface area contributed by atoms with E-state index in [1.165, 1.54) is 72.6 Å². The maximum absolute atomic E-state index is 6.61. The summed E-state index contributed by atoms with van der Waals surface area (Å²) in [5.41, 5.74) is 27.8.